The first kappa shape index (κ1) is 17.9. The number of aliphatic hydroxyl groups is 1. The second-order valence-corrected chi connectivity index (χ2v) is 8.93. The van der Waals surface area contributed by atoms with Crippen LogP contribution in [0, 0.1) is 0 Å². The summed E-state index contributed by atoms with van der Waals surface area (Å²) in [6, 6.07) is 3.02. The average Bonchev–Trinajstić information content (AvgIpc) is 2.09. The van der Waals surface area contributed by atoms with Crippen LogP contribution in [0.5, 0.6) is 0 Å². The van der Waals surface area contributed by atoms with Crippen LogP contribution in [0.15, 0.2) is 26.0 Å². The molecule has 0 heterocycles. The van der Waals surface area contributed by atoms with E-state index in [2.05, 4.69) is 36.6 Å². The first-order chi connectivity index (χ1) is 8.78. The third kappa shape index (κ3) is 3.73. The minimum absolute atomic E-state index is 0.0454. The molecule has 5 nitrogen and oxygen atoms in total. The van der Waals surface area contributed by atoms with Crippen molar-refractivity contribution in [2.24, 2.45) is 0 Å². The molecule has 0 aliphatic rings. The van der Waals surface area contributed by atoms with Crippen molar-refractivity contribution in [1.29, 1.82) is 0 Å². The molecule has 1 rings (SSSR count). The standard InChI is InChI=1S/C12H18Br2N2O3S/c1-11(2,12(3,4)17)16-20(18,19)10-8(13)5-7(15)6-9(10)14/h5-6,16-17H,15H2,1-4H3. The number of benzene rings is 1. The monoisotopic (exact) mass is 428 g/mol. The summed E-state index contributed by atoms with van der Waals surface area (Å²) < 4.78 is 28.3. The molecule has 114 valence electrons. The molecular formula is C12H18Br2N2O3S. The summed E-state index contributed by atoms with van der Waals surface area (Å²) in [6.07, 6.45) is 0. The minimum Gasteiger partial charge on any atom is -0.399 e. The fourth-order valence-corrected chi connectivity index (χ4v) is 5.50. The number of rotatable bonds is 4. The Kier molecular flexibility index (Phi) is 4.98. The molecule has 4 N–H and O–H groups in total. The van der Waals surface area contributed by atoms with Crippen LogP contribution in [0.2, 0.25) is 0 Å². The molecule has 0 aliphatic carbocycles. The largest absolute Gasteiger partial charge is 0.399 e. The van der Waals surface area contributed by atoms with E-state index < -0.39 is 21.2 Å². The van der Waals surface area contributed by atoms with E-state index in [-0.39, 0.29) is 4.90 Å². The summed E-state index contributed by atoms with van der Waals surface area (Å²) in [4.78, 5) is 0.0454. The molecule has 0 spiro atoms. The number of anilines is 1. The summed E-state index contributed by atoms with van der Waals surface area (Å²) in [5, 5.41) is 10.1. The van der Waals surface area contributed by atoms with Gasteiger partial charge >= 0.3 is 0 Å². The molecule has 0 radical (unpaired) electrons. The fraction of sp³-hybridized carbons (Fsp3) is 0.500. The lowest BCUT2D eigenvalue weighted by molar-refractivity contribution is 0.00638. The molecule has 0 unspecified atom stereocenters. The third-order valence-corrected chi connectivity index (χ3v) is 6.74. The molecule has 0 bridgehead atoms. The molecule has 8 heteroatoms. The van der Waals surface area contributed by atoms with Crippen LogP contribution in [-0.2, 0) is 10.0 Å². The summed E-state index contributed by atoms with van der Waals surface area (Å²) in [7, 11) is -3.84. The van der Waals surface area contributed by atoms with E-state index >= 15 is 0 Å². The van der Waals surface area contributed by atoms with Crippen molar-refractivity contribution in [3.63, 3.8) is 0 Å². The first-order valence-corrected chi connectivity index (χ1v) is 8.86. The highest BCUT2D eigenvalue weighted by Gasteiger charge is 2.39. The van der Waals surface area contributed by atoms with Crippen LogP contribution in [0.4, 0.5) is 5.69 Å². The number of sulfonamides is 1. The van der Waals surface area contributed by atoms with Gasteiger partial charge in [0, 0.05) is 14.6 Å². The Morgan fingerprint density at radius 3 is 1.90 bits per heavy atom. The van der Waals surface area contributed by atoms with Crippen molar-refractivity contribution < 1.29 is 13.5 Å². The van der Waals surface area contributed by atoms with Crippen molar-refractivity contribution in [1.82, 2.24) is 4.72 Å². The summed E-state index contributed by atoms with van der Waals surface area (Å²) in [5.74, 6) is 0. The average molecular weight is 430 g/mol. The smallest absolute Gasteiger partial charge is 0.243 e. The Bertz CT molecular complexity index is 599. The van der Waals surface area contributed by atoms with Crippen molar-refractivity contribution in [2.75, 3.05) is 5.73 Å². The van der Waals surface area contributed by atoms with E-state index in [9.17, 15) is 13.5 Å². The van der Waals surface area contributed by atoms with Gasteiger partial charge in [0.15, 0.2) is 0 Å². The SMILES string of the molecule is CC(C)(O)C(C)(C)NS(=O)(=O)c1c(Br)cc(N)cc1Br. The van der Waals surface area contributed by atoms with Gasteiger partial charge in [-0.05, 0) is 71.7 Å². The molecule has 0 atom stereocenters. The molecule has 0 fully saturated rings. The van der Waals surface area contributed by atoms with Gasteiger partial charge < -0.3 is 10.8 Å². The maximum atomic E-state index is 12.5. The van der Waals surface area contributed by atoms with Crippen molar-refractivity contribution in [3.05, 3.63) is 21.1 Å². The maximum absolute atomic E-state index is 12.5. The predicted octanol–water partition coefficient (Wildman–Crippen LogP) is 2.62. The van der Waals surface area contributed by atoms with Gasteiger partial charge in [-0.15, -0.1) is 0 Å². The lowest BCUT2D eigenvalue weighted by Crippen LogP contribution is -2.57. The summed E-state index contributed by atoms with van der Waals surface area (Å²) in [5.41, 5.74) is 3.81. The van der Waals surface area contributed by atoms with E-state index in [0.717, 1.165) is 0 Å². The van der Waals surface area contributed by atoms with Crippen LogP contribution >= 0.6 is 31.9 Å². The predicted molar refractivity (Wildman–Crippen MR) is 87.0 cm³/mol. The molecular weight excluding hydrogens is 412 g/mol. The molecule has 0 amide bonds. The molecule has 0 aliphatic heterocycles. The Morgan fingerprint density at radius 2 is 1.55 bits per heavy atom. The van der Waals surface area contributed by atoms with Crippen LogP contribution in [0.3, 0.4) is 0 Å². The lowest BCUT2D eigenvalue weighted by Gasteiger charge is -2.37. The van der Waals surface area contributed by atoms with E-state index in [0.29, 0.717) is 14.6 Å². The molecule has 1 aromatic carbocycles. The lowest BCUT2D eigenvalue weighted by atomic mass is 9.87. The van der Waals surface area contributed by atoms with Crippen LogP contribution in [0.25, 0.3) is 0 Å². The molecule has 0 aromatic heterocycles. The molecule has 0 saturated heterocycles. The molecule has 0 saturated carbocycles. The normalized spacial score (nSPS) is 13.6. The first-order valence-electron chi connectivity index (χ1n) is 5.79. The van der Waals surface area contributed by atoms with Crippen LogP contribution in [0.1, 0.15) is 27.7 Å². The van der Waals surface area contributed by atoms with Gasteiger partial charge in [0.1, 0.15) is 4.90 Å². The zero-order valence-corrected chi connectivity index (χ0v) is 15.6. The molecule has 20 heavy (non-hydrogen) atoms. The number of nitrogen functional groups attached to an aromatic ring is 1. The van der Waals surface area contributed by atoms with Gasteiger partial charge in [0.25, 0.3) is 0 Å². The van der Waals surface area contributed by atoms with Gasteiger partial charge in [-0.25, -0.2) is 13.1 Å². The Balaban J connectivity index is 3.34. The van der Waals surface area contributed by atoms with E-state index in [1.807, 2.05) is 0 Å². The van der Waals surface area contributed by atoms with Crippen molar-refractivity contribution >= 4 is 47.6 Å². The van der Waals surface area contributed by atoms with Gasteiger partial charge in [-0.1, -0.05) is 0 Å². The van der Waals surface area contributed by atoms with Crippen molar-refractivity contribution in [3.8, 4) is 0 Å². The highest BCUT2D eigenvalue weighted by Crippen LogP contribution is 2.34. The second kappa shape index (κ2) is 5.57. The molecule has 1 aromatic rings. The van der Waals surface area contributed by atoms with E-state index in [1.54, 1.807) is 27.7 Å². The number of nitrogens with two attached hydrogens (primary N) is 1. The minimum atomic E-state index is -3.84. The van der Waals surface area contributed by atoms with Crippen LogP contribution in [-0.4, -0.2) is 24.7 Å². The van der Waals surface area contributed by atoms with E-state index in [1.165, 1.54) is 12.1 Å². The van der Waals surface area contributed by atoms with E-state index in [4.69, 9.17) is 5.73 Å². The highest BCUT2D eigenvalue weighted by atomic mass is 79.9. The number of nitrogens with one attached hydrogen (secondary N) is 1. The van der Waals surface area contributed by atoms with Gasteiger partial charge in [0.2, 0.25) is 10.0 Å². The number of hydrogen-bond acceptors (Lipinski definition) is 4. The maximum Gasteiger partial charge on any atom is 0.243 e. The van der Waals surface area contributed by atoms with Crippen LogP contribution < -0.4 is 10.5 Å². The fourth-order valence-electron chi connectivity index (χ4n) is 1.35. The zero-order valence-electron chi connectivity index (χ0n) is 11.7. The zero-order chi connectivity index (χ0) is 15.9. The summed E-state index contributed by atoms with van der Waals surface area (Å²) in [6.45, 7) is 6.32. The summed E-state index contributed by atoms with van der Waals surface area (Å²) >= 11 is 6.40. The topological polar surface area (TPSA) is 92.4 Å². The number of hydrogen-bond donors (Lipinski definition) is 3. The second-order valence-electron chi connectivity index (χ2n) is 5.60. The van der Waals surface area contributed by atoms with Gasteiger partial charge in [0.05, 0.1) is 11.1 Å². The third-order valence-electron chi connectivity index (χ3n) is 3.21. The Morgan fingerprint density at radius 1 is 1.15 bits per heavy atom. The quantitative estimate of drug-likeness (QED) is 0.641. The Labute approximate surface area is 136 Å². The van der Waals surface area contributed by atoms with Gasteiger partial charge in [-0.3, -0.25) is 0 Å². The Hall–Kier alpha value is -0.150. The van der Waals surface area contributed by atoms with Gasteiger partial charge in [-0.2, -0.15) is 0 Å². The number of halogens is 2. The van der Waals surface area contributed by atoms with Crippen molar-refractivity contribution in [2.45, 2.75) is 43.7 Å². The highest BCUT2D eigenvalue weighted by molar-refractivity contribution is 9.11.